The van der Waals surface area contributed by atoms with Crippen molar-refractivity contribution < 1.29 is 4.79 Å². The fourth-order valence-corrected chi connectivity index (χ4v) is 3.55. The number of aryl methyl sites for hydroxylation is 1. The van der Waals surface area contributed by atoms with Gasteiger partial charge in [-0.2, -0.15) is 0 Å². The maximum Gasteiger partial charge on any atom is 0.328 e. The number of nitrogens with zero attached hydrogens (tertiary/aromatic N) is 2. The third-order valence-corrected chi connectivity index (χ3v) is 4.94. The molecule has 0 aliphatic heterocycles. The predicted molar refractivity (Wildman–Crippen MR) is 103 cm³/mol. The molecule has 0 unspecified atom stereocenters. The molecule has 2 heterocycles. The second kappa shape index (κ2) is 7.97. The number of rotatable bonds is 7. The highest BCUT2D eigenvalue weighted by Crippen LogP contribution is 2.13. The van der Waals surface area contributed by atoms with E-state index in [2.05, 4.69) is 11.6 Å². The summed E-state index contributed by atoms with van der Waals surface area (Å²) in [6.45, 7) is 4.87. The standard InChI is InChI=1S/C19H19N3O3S/c1-2-10-21(13-14-6-5-12-26-14)17(23)9-11-22-16-8-4-3-7-15(16)18(24)20-19(22)25/h2-8,12H,1,9-11,13H2,(H,20,24,25). The Morgan fingerprint density at radius 2 is 2.04 bits per heavy atom. The molecule has 7 heteroatoms. The van der Waals surface area contributed by atoms with Gasteiger partial charge in [0.25, 0.3) is 5.56 Å². The van der Waals surface area contributed by atoms with E-state index in [-0.39, 0.29) is 18.9 Å². The van der Waals surface area contributed by atoms with E-state index in [9.17, 15) is 14.4 Å². The number of carbonyl (C=O) groups is 1. The lowest BCUT2D eigenvalue weighted by molar-refractivity contribution is -0.131. The number of amides is 1. The molecule has 1 amide bonds. The first kappa shape index (κ1) is 17.9. The topological polar surface area (TPSA) is 75.2 Å². The zero-order valence-corrected chi connectivity index (χ0v) is 15.0. The molecule has 134 valence electrons. The highest BCUT2D eigenvalue weighted by Gasteiger charge is 2.15. The van der Waals surface area contributed by atoms with Gasteiger partial charge in [0.2, 0.25) is 5.91 Å². The second-order valence-electron chi connectivity index (χ2n) is 5.82. The number of benzene rings is 1. The lowest BCUT2D eigenvalue weighted by Gasteiger charge is -2.21. The van der Waals surface area contributed by atoms with Crippen LogP contribution in [0.5, 0.6) is 0 Å². The van der Waals surface area contributed by atoms with E-state index in [1.54, 1.807) is 46.6 Å². The summed E-state index contributed by atoms with van der Waals surface area (Å²) in [5, 5.41) is 2.40. The van der Waals surface area contributed by atoms with Crippen molar-refractivity contribution in [3.8, 4) is 0 Å². The van der Waals surface area contributed by atoms with Crippen LogP contribution in [0.3, 0.4) is 0 Å². The van der Waals surface area contributed by atoms with Gasteiger partial charge in [0.05, 0.1) is 17.4 Å². The summed E-state index contributed by atoms with van der Waals surface area (Å²) >= 11 is 1.59. The molecule has 0 spiro atoms. The first-order chi connectivity index (χ1) is 12.6. The Balaban J connectivity index is 1.80. The van der Waals surface area contributed by atoms with Crippen LogP contribution in [0, 0.1) is 0 Å². The molecule has 0 atom stereocenters. The molecule has 0 saturated carbocycles. The Morgan fingerprint density at radius 1 is 1.23 bits per heavy atom. The van der Waals surface area contributed by atoms with Gasteiger partial charge < -0.3 is 4.90 Å². The Kier molecular flexibility index (Phi) is 5.48. The minimum absolute atomic E-state index is 0.0690. The van der Waals surface area contributed by atoms with Crippen molar-refractivity contribution in [1.82, 2.24) is 14.5 Å². The van der Waals surface area contributed by atoms with Crippen LogP contribution in [0.1, 0.15) is 11.3 Å². The summed E-state index contributed by atoms with van der Waals surface area (Å²) in [6.07, 6.45) is 1.85. The van der Waals surface area contributed by atoms with Crippen LogP contribution in [-0.2, 0) is 17.9 Å². The van der Waals surface area contributed by atoms with E-state index >= 15 is 0 Å². The monoisotopic (exact) mass is 369 g/mol. The zero-order chi connectivity index (χ0) is 18.5. The van der Waals surface area contributed by atoms with E-state index in [1.165, 1.54) is 4.57 Å². The highest BCUT2D eigenvalue weighted by molar-refractivity contribution is 7.09. The number of nitrogens with one attached hydrogen (secondary N) is 1. The average Bonchev–Trinajstić information content (AvgIpc) is 3.14. The minimum Gasteiger partial charge on any atom is -0.334 e. The lowest BCUT2D eigenvalue weighted by atomic mass is 10.2. The van der Waals surface area contributed by atoms with Crippen molar-refractivity contribution >= 4 is 28.1 Å². The fraction of sp³-hybridized carbons (Fsp3) is 0.211. The number of hydrogen-bond acceptors (Lipinski definition) is 4. The van der Waals surface area contributed by atoms with Crippen LogP contribution in [0.15, 0.2) is 64.0 Å². The molecular weight excluding hydrogens is 350 g/mol. The molecule has 0 bridgehead atoms. The quantitative estimate of drug-likeness (QED) is 0.650. The van der Waals surface area contributed by atoms with Gasteiger partial charge in [-0.05, 0) is 23.6 Å². The van der Waals surface area contributed by atoms with E-state index < -0.39 is 11.2 Å². The first-order valence-corrected chi connectivity index (χ1v) is 9.11. The number of fused-ring (bicyclic) bond motifs is 1. The first-order valence-electron chi connectivity index (χ1n) is 8.23. The Morgan fingerprint density at radius 3 is 2.77 bits per heavy atom. The number of thiophene rings is 1. The molecule has 1 aromatic carbocycles. The molecule has 1 N–H and O–H groups in total. The second-order valence-corrected chi connectivity index (χ2v) is 6.85. The maximum atomic E-state index is 12.6. The molecular formula is C19H19N3O3S. The van der Waals surface area contributed by atoms with Crippen LogP contribution in [0.2, 0.25) is 0 Å². The van der Waals surface area contributed by atoms with Crippen molar-refractivity contribution in [3.63, 3.8) is 0 Å². The normalized spacial score (nSPS) is 10.8. The summed E-state index contributed by atoms with van der Waals surface area (Å²) in [5.74, 6) is -0.0690. The van der Waals surface area contributed by atoms with E-state index in [0.29, 0.717) is 24.0 Å². The van der Waals surface area contributed by atoms with Gasteiger partial charge in [0, 0.05) is 24.4 Å². The summed E-state index contributed by atoms with van der Waals surface area (Å²) in [6, 6.07) is 10.8. The van der Waals surface area contributed by atoms with E-state index in [0.717, 1.165) is 4.88 Å². The average molecular weight is 369 g/mol. The third-order valence-electron chi connectivity index (χ3n) is 4.08. The van der Waals surface area contributed by atoms with Crippen molar-refractivity contribution in [2.24, 2.45) is 0 Å². The van der Waals surface area contributed by atoms with Crippen molar-refractivity contribution in [1.29, 1.82) is 0 Å². The summed E-state index contributed by atoms with van der Waals surface area (Å²) < 4.78 is 1.44. The number of para-hydroxylation sites is 1. The van der Waals surface area contributed by atoms with E-state index in [1.807, 2.05) is 17.5 Å². The van der Waals surface area contributed by atoms with Crippen molar-refractivity contribution in [2.45, 2.75) is 19.5 Å². The third kappa shape index (κ3) is 3.83. The van der Waals surface area contributed by atoms with Crippen molar-refractivity contribution in [2.75, 3.05) is 6.54 Å². The fourth-order valence-electron chi connectivity index (χ4n) is 2.83. The molecule has 2 aromatic heterocycles. The van der Waals surface area contributed by atoms with Crippen LogP contribution in [-0.4, -0.2) is 26.9 Å². The molecule has 26 heavy (non-hydrogen) atoms. The molecule has 0 saturated heterocycles. The van der Waals surface area contributed by atoms with Gasteiger partial charge in [-0.1, -0.05) is 24.3 Å². The zero-order valence-electron chi connectivity index (χ0n) is 14.2. The lowest BCUT2D eigenvalue weighted by Crippen LogP contribution is -2.34. The Labute approximate surface area is 154 Å². The van der Waals surface area contributed by atoms with Gasteiger partial charge >= 0.3 is 5.69 Å². The van der Waals surface area contributed by atoms with Gasteiger partial charge in [-0.25, -0.2) is 4.79 Å². The summed E-state index contributed by atoms with van der Waals surface area (Å²) in [4.78, 5) is 41.8. The van der Waals surface area contributed by atoms with E-state index in [4.69, 9.17) is 0 Å². The van der Waals surface area contributed by atoms with Gasteiger partial charge in [0.15, 0.2) is 0 Å². The number of H-pyrrole nitrogens is 1. The molecule has 6 nitrogen and oxygen atoms in total. The predicted octanol–water partition coefficient (Wildman–Crippen LogP) is 2.36. The van der Waals surface area contributed by atoms with Gasteiger partial charge in [0.1, 0.15) is 0 Å². The number of aromatic nitrogens is 2. The van der Waals surface area contributed by atoms with Crippen LogP contribution >= 0.6 is 11.3 Å². The SMILES string of the molecule is C=CCN(Cc1cccs1)C(=O)CCn1c(=O)[nH]c(=O)c2ccccc21. The molecule has 3 aromatic rings. The van der Waals surface area contributed by atoms with Gasteiger partial charge in [-0.15, -0.1) is 17.9 Å². The molecule has 3 rings (SSSR count). The smallest absolute Gasteiger partial charge is 0.328 e. The van der Waals surface area contributed by atoms with Gasteiger partial charge in [-0.3, -0.25) is 19.1 Å². The molecule has 0 fully saturated rings. The number of hydrogen-bond donors (Lipinski definition) is 1. The maximum absolute atomic E-state index is 12.6. The van der Waals surface area contributed by atoms with Crippen LogP contribution in [0.4, 0.5) is 0 Å². The molecule has 0 aliphatic carbocycles. The van der Waals surface area contributed by atoms with Crippen LogP contribution < -0.4 is 11.2 Å². The Bertz CT molecular complexity index is 1030. The minimum atomic E-state index is -0.505. The molecule has 0 radical (unpaired) electrons. The number of aromatic amines is 1. The highest BCUT2D eigenvalue weighted by atomic mass is 32.1. The Hall–Kier alpha value is -2.93. The molecule has 0 aliphatic rings. The van der Waals surface area contributed by atoms with Crippen LogP contribution in [0.25, 0.3) is 10.9 Å². The number of carbonyl (C=O) groups excluding carboxylic acids is 1. The van der Waals surface area contributed by atoms with Crippen molar-refractivity contribution in [3.05, 3.63) is 80.1 Å². The largest absolute Gasteiger partial charge is 0.334 e. The summed E-state index contributed by atoms with van der Waals surface area (Å²) in [5.41, 5.74) is -0.392. The summed E-state index contributed by atoms with van der Waals surface area (Å²) in [7, 11) is 0.